The van der Waals surface area contributed by atoms with E-state index in [1.54, 1.807) is 42.7 Å². The molecule has 2 aromatic carbocycles. The minimum Gasteiger partial charge on any atom is -0.454 e. The molecule has 7 rings (SSSR count). The standard InChI is InChI=1S/C30H24ClN7O4S/c31-22-14-20(7-8-23(22)42-21-2-1-9-32-15-21)38-27-24-25(36-30(38)40)26(43-29(24)34-17-33-27)28(39)35-19-5-3-18(4-6-19)16-37-10-12-41-13-11-37/h1-9,14-15,17H,10-13,16H2,(H,35,39)(H,36,40). The Hall–Kier alpha value is -4.62. The monoisotopic (exact) mass is 613 g/mol. The number of carbonyl (C=O) groups excluding carboxylic acids is 2. The molecule has 0 bridgehead atoms. The van der Waals surface area contributed by atoms with Gasteiger partial charge in [0.05, 0.1) is 41.2 Å². The molecule has 5 aromatic rings. The van der Waals surface area contributed by atoms with Gasteiger partial charge in [-0.3, -0.25) is 14.7 Å². The fourth-order valence-electron chi connectivity index (χ4n) is 5.01. The molecule has 0 spiro atoms. The number of morpholine rings is 1. The van der Waals surface area contributed by atoms with Gasteiger partial charge >= 0.3 is 6.03 Å². The van der Waals surface area contributed by atoms with Crippen molar-refractivity contribution in [2.24, 2.45) is 0 Å². The highest BCUT2D eigenvalue weighted by atomic mass is 35.5. The summed E-state index contributed by atoms with van der Waals surface area (Å²) in [6, 6.07) is 15.8. The first-order valence-electron chi connectivity index (χ1n) is 13.5. The number of pyridine rings is 1. The Morgan fingerprint density at radius 2 is 1.95 bits per heavy atom. The van der Waals surface area contributed by atoms with E-state index in [9.17, 15) is 9.59 Å². The number of thiophene rings is 1. The van der Waals surface area contributed by atoms with Gasteiger partial charge in [0.25, 0.3) is 5.91 Å². The number of rotatable bonds is 7. The Balaban J connectivity index is 1.13. The minimum absolute atomic E-state index is 0.298. The molecule has 2 N–H and O–H groups in total. The van der Waals surface area contributed by atoms with Crippen LogP contribution in [0, 0.1) is 0 Å². The number of nitrogens with one attached hydrogen (secondary N) is 2. The number of benzene rings is 2. The predicted octanol–water partition coefficient (Wildman–Crippen LogP) is 6.30. The summed E-state index contributed by atoms with van der Waals surface area (Å²) in [6.07, 6.45) is 4.60. The molecule has 2 aliphatic heterocycles. The summed E-state index contributed by atoms with van der Waals surface area (Å²) in [5, 5.41) is 6.70. The van der Waals surface area contributed by atoms with Crippen molar-refractivity contribution in [3.8, 4) is 11.5 Å². The number of hydrogen-bond donors (Lipinski definition) is 2. The molecule has 13 heteroatoms. The molecule has 3 aromatic heterocycles. The maximum Gasteiger partial charge on any atom is 0.332 e. The zero-order valence-corrected chi connectivity index (χ0v) is 24.2. The van der Waals surface area contributed by atoms with Gasteiger partial charge in [-0.05, 0) is 48.0 Å². The van der Waals surface area contributed by atoms with E-state index in [0.29, 0.717) is 54.5 Å². The fraction of sp³-hybridized carbons (Fsp3) is 0.167. The number of hydrogen-bond acceptors (Lipinski definition) is 9. The lowest BCUT2D eigenvalue weighted by atomic mass is 10.1. The second-order valence-corrected chi connectivity index (χ2v) is 11.3. The van der Waals surface area contributed by atoms with E-state index in [4.69, 9.17) is 21.1 Å². The van der Waals surface area contributed by atoms with Gasteiger partial charge in [0.15, 0.2) is 5.82 Å². The molecule has 5 heterocycles. The van der Waals surface area contributed by atoms with Crippen LogP contribution >= 0.6 is 22.9 Å². The molecular weight excluding hydrogens is 590 g/mol. The van der Waals surface area contributed by atoms with Crippen molar-refractivity contribution in [2.45, 2.75) is 6.54 Å². The molecule has 3 amide bonds. The SMILES string of the molecule is O=C(Nc1ccc(CN2CCOCC2)cc1)c1sc2ncnc3c2c1NC(=O)N3c1ccc(Oc2cccnc2)c(Cl)c1. The summed E-state index contributed by atoms with van der Waals surface area (Å²) >= 11 is 7.72. The Bertz CT molecular complexity index is 1830. The summed E-state index contributed by atoms with van der Waals surface area (Å²) in [5.41, 5.74) is 2.65. The van der Waals surface area contributed by atoms with E-state index in [-0.39, 0.29) is 5.91 Å². The van der Waals surface area contributed by atoms with Crippen molar-refractivity contribution in [3.05, 3.63) is 88.8 Å². The number of halogens is 1. The van der Waals surface area contributed by atoms with Gasteiger partial charge in [-0.15, -0.1) is 11.3 Å². The van der Waals surface area contributed by atoms with Crippen molar-refractivity contribution in [1.82, 2.24) is 19.9 Å². The molecular formula is C30H24ClN7O4S. The zero-order valence-electron chi connectivity index (χ0n) is 22.6. The van der Waals surface area contributed by atoms with Gasteiger partial charge in [0.1, 0.15) is 27.5 Å². The third-order valence-electron chi connectivity index (χ3n) is 7.08. The van der Waals surface area contributed by atoms with Gasteiger partial charge in [-0.2, -0.15) is 0 Å². The van der Waals surface area contributed by atoms with Crippen LogP contribution < -0.4 is 20.3 Å². The van der Waals surface area contributed by atoms with Crippen molar-refractivity contribution >= 4 is 68.0 Å². The van der Waals surface area contributed by atoms with E-state index >= 15 is 0 Å². The molecule has 2 aliphatic rings. The topological polar surface area (TPSA) is 122 Å². The summed E-state index contributed by atoms with van der Waals surface area (Å²) in [5.74, 6) is 0.943. The van der Waals surface area contributed by atoms with Crippen LogP contribution in [0.1, 0.15) is 15.2 Å². The molecule has 0 aliphatic carbocycles. The quantitative estimate of drug-likeness (QED) is 0.219. The average Bonchev–Trinajstić information content (AvgIpc) is 3.40. The first kappa shape index (κ1) is 27.2. The van der Waals surface area contributed by atoms with Crippen LogP contribution in [0.3, 0.4) is 0 Å². The lowest BCUT2D eigenvalue weighted by Gasteiger charge is -2.27. The Morgan fingerprint density at radius 1 is 1.12 bits per heavy atom. The molecule has 11 nitrogen and oxygen atoms in total. The number of carbonyl (C=O) groups is 2. The van der Waals surface area contributed by atoms with Gasteiger partial charge in [-0.25, -0.2) is 19.7 Å². The average molecular weight is 614 g/mol. The molecule has 1 fully saturated rings. The number of aromatic nitrogens is 3. The molecule has 0 radical (unpaired) electrons. The van der Waals surface area contributed by atoms with Gasteiger partial charge in [0.2, 0.25) is 0 Å². The number of amides is 3. The van der Waals surface area contributed by atoms with Crippen molar-refractivity contribution < 1.29 is 19.1 Å². The highest BCUT2D eigenvalue weighted by Crippen LogP contribution is 2.45. The van der Waals surface area contributed by atoms with Crippen LogP contribution in [0.4, 0.5) is 27.7 Å². The van der Waals surface area contributed by atoms with Crippen LogP contribution in [0.2, 0.25) is 5.02 Å². The van der Waals surface area contributed by atoms with E-state index in [1.165, 1.54) is 22.6 Å². The maximum atomic E-state index is 13.4. The number of nitrogens with zero attached hydrogens (tertiary/aromatic N) is 5. The molecule has 0 atom stereocenters. The van der Waals surface area contributed by atoms with Crippen molar-refractivity contribution in [1.29, 1.82) is 0 Å². The van der Waals surface area contributed by atoms with E-state index in [2.05, 4.69) is 30.5 Å². The highest BCUT2D eigenvalue weighted by Gasteiger charge is 2.34. The molecule has 1 saturated heterocycles. The Labute approximate surface area is 255 Å². The maximum absolute atomic E-state index is 13.4. The Kier molecular flexibility index (Phi) is 7.33. The third kappa shape index (κ3) is 5.48. The largest absolute Gasteiger partial charge is 0.454 e. The summed E-state index contributed by atoms with van der Waals surface area (Å²) in [7, 11) is 0. The Morgan fingerprint density at radius 3 is 2.72 bits per heavy atom. The van der Waals surface area contributed by atoms with Crippen LogP contribution in [0.15, 0.2) is 73.3 Å². The molecule has 216 valence electrons. The second-order valence-electron chi connectivity index (χ2n) is 9.89. The predicted molar refractivity (Wildman–Crippen MR) is 165 cm³/mol. The lowest BCUT2D eigenvalue weighted by Crippen LogP contribution is -2.35. The van der Waals surface area contributed by atoms with Crippen LogP contribution in [-0.4, -0.2) is 58.1 Å². The van der Waals surface area contributed by atoms with Crippen molar-refractivity contribution in [2.75, 3.05) is 41.8 Å². The summed E-state index contributed by atoms with van der Waals surface area (Å²) < 4.78 is 11.2. The van der Waals surface area contributed by atoms with Crippen LogP contribution in [0.25, 0.3) is 10.2 Å². The lowest BCUT2D eigenvalue weighted by molar-refractivity contribution is 0.0342. The summed E-state index contributed by atoms with van der Waals surface area (Å²) in [6.45, 7) is 4.12. The van der Waals surface area contributed by atoms with Gasteiger partial charge < -0.3 is 20.1 Å². The van der Waals surface area contributed by atoms with E-state index in [1.807, 2.05) is 24.3 Å². The molecule has 43 heavy (non-hydrogen) atoms. The minimum atomic E-state index is -0.482. The normalized spacial score (nSPS) is 14.9. The first-order chi connectivity index (χ1) is 21.0. The van der Waals surface area contributed by atoms with Crippen LogP contribution in [-0.2, 0) is 11.3 Å². The van der Waals surface area contributed by atoms with E-state index in [0.717, 1.165) is 38.4 Å². The first-order valence-corrected chi connectivity index (χ1v) is 14.7. The zero-order chi connectivity index (χ0) is 29.3. The highest BCUT2D eigenvalue weighted by molar-refractivity contribution is 7.21. The van der Waals surface area contributed by atoms with Crippen molar-refractivity contribution in [3.63, 3.8) is 0 Å². The number of urea groups is 1. The number of anilines is 4. The smallest absolute Gasteiger partial charge is 0.332 e. The summed E-state index contributed by atoms with van der Waals surface area (Å²) in [4.78, 5) is 44.3. The second kappa shape index (κ2) is 11.6. The van der Waals surface area contributed by atoms with Gasteiger partial charge in [0, 0.05) is 31.5 Å². The number of ether oxygens (including phenoxy) is 2. The molecule has 0 unspecified atom stereocenters. The van der Waals surface area contributed by atoms with E-state index < -0.39 is 6.03 Å². The van der Waals surface area contributed by atoms with Gasteiger partial charge in [-0.1, -0.05) is 23.7 Å². The van der Waals surface area contributed by atoms with Crippen LogP contribution in [0.5, 0.6) is 11.5 Å². The fourth-order valence-corrected chi connectivity index (χ4v) is 6.21. The third-order valence-corrected chi connectivity index (χ3v) is 8.47. The molecule has 0 saturated carbocycles.